The van der Waals surface area contributed by atoms with Crippen LogP contribution < -0.4 is 5.73 Å². The van der Waals surface area contributed by atoms with Crippen molar-refractivity contribution in [3.05, 3.63) is 18.2 Å². The standard InChI is InChI=1S/C13H20N4O/c1-8(2)17-12(18)5-10(14)13(17)11-6-15-7-16(11)9-3-4-9/h6-10,13H,3-5,14H2,1-2H3. The molecule has 1 saturated heterocycles. The van der Waals surface area contributed by atoms with Gasteiger partial charge in [-0.05, 0) is 26.7 Å². The Kier molecular flexibility index (Phi) is 2.66. The maximum Gasteiger partial charge on any atom is 0.225 e. The molecule has 1 amide bonds. The average molecular weight is 248 g/mol. The number of aromatic nitrogens is 2. The smallest absolute Gasteiger partial charge is 0.225 e. The molecule has 0 bridgehead atoms. The van der Waals surface area contributed by atoms with Crippen LogP contribution in [0.3, 0.4) is 0 Å². The minimum absolute atomic E-state index is 0.0133. The van der Waals surface area contributed by atoms with Crippen molar-refractivity contribution in [3.8, 4) is 0 Å². The van der Waals surface area contributed by atoms with Gasteiger partial charge in [0, 0.05) is 24.5 Å². The quantitative estimate of drug-likeness (QED) is 0.875. The fourth-order valence-corrected chi connectivity index (χ4v) is 2.95. The molecule has 1 saturated carbocycles. The van der Waals surface area contributed by atoms with E-state index in [9.17, 15) is 4.79 Å². The van der Waals surface area contributed by atoms with E-state index in [0.29, 0.717) is 12.5 Å². The number of hydrogen-bond donors (Lipinski definition) is 1. The highest BCUT2D eigenvalue weighted by molar-refractivity contribution is 5.80. The van der Waals surface area contributed by atoms with Crippen LogP contribution in [-0.4, -0.2) is 32.4 Å². The van der Waals surface area contributed by atoms with Crippen molar-refractivity contribution in [3.63, 3.8) is 0 Å². The van der Waals surface area contributed by atoms with E-state index in [1.54, 1.807) is 0 Å². The second-order valence-electron chi connectivity index (χ2n) is 5.66. The van der Waals surface area contributed by atoms with Crippen LogP contribution in [0.5, 0.6) is 0 Å². The topological polar surface area (TPSA) is 64.2 Å². The molecule has 5 nitrogen and oxygen atoms in total. The molecule has 18 heavy (non-hydrogen) atoms. The molecule has 2 N–H and O–H groups in total. The van der Waals surface area contributed by atoms with Crippen molar-refractivity contribution >= 4 is 5.91 Å². The van der Waals surface area contributed by atoms with Crippen molar-refractivity contribution in [2.45, 2.75) is 57.3 Å². The van der Waals surface area contributed by atoms with Gasteiger partial charge in [0.1, 0.15) is 0 Å². The molecule has 1 aromatic heterocycles. The molecule has 0 aromatic carbocycles. The maximum atomic E-state index is 12.0. The second kappa shape index (κ2) is 4.09. The summed E-state index contributed by atoms with van der Waals surface area (Å²) in [5.41, 5.74) is 7.28. The molecule has 3 rings (SSSR count). The lowest BCUT2D eigenvalue weighted by atomic mass is 10.1. The molecule has 2 aliphatic rings. The van der Waals surface area contributed by atoms with Gasteiger partial charge in [-0.2, -0.15) is 0 Å². The predicted molar refractivity (Wildman–Crippen MR) is 67.8 cm³/mol. The van der Waals surface area contributed by atoms with Crippen molar-refractivity contribution in [1.29, 1.82) is 0 Å². The Hall–Kier alpha value is -1.36. The molecule has 1 aliphatic carbocycles. The van der Waals surface area contributed by atoms with Gasteiger partial charge in [-0.3, -0.25) is 4.79 Å². The van der Waals surface area contributed by atoms with Gasteiger partial charge in [0.2, 0.25) is 5.91 Å². The summed E-state index contributed by atoms with van der Waals surface area (Å²) in [7, 11) is 0. The highest BCUT2D eigenvalue weighted by Crippen LogP contribution is 2.40. The molecule has 1 aliphatic heterocycles. The fourth-order valence-electron chi connectivity index (χ4n) is 2.95. The molecule has 2 fully saturated rings. The van der Waals surface area contributed by atoms with Crippen molar-refractivity contribution in [2.24, 2.45) is 5.73 Å². The minimum Gasteiger partial charge on any atom is -0.330 e. The van der Waals surface area contributed by atoms with E-state index in [0.717, 1.165) is 5.69 Å². The Labute approximate surface area is 107 Å². The summed E-state index contributed by atoms with van der Waals surface area (Å²) < 4.78 is 2.21. The van der Waals surface area contributed by atoms with Crippen LogP contribution in [0.15, 0.2) is 12.5 Å². The summed E-state index contributed by atoms with van der Waals surface area (Å²) in [5, 5.41) is 0. The van der Waals surface area contributed by atoms with Gasteiger partial charge >= 0.3 is 0 Å². The van der Waals surface area contributed by atoms with E-state index < -0.39 is 0 Å². The average Bonchev–Trinajstić information content (AvgIpc) is 2.95. The maximum absolute atomic E-state index is 12.0. The lowest BCUT2D eigenvalue weighted by molar-refractivity contribution is -0.130. The molecular formula is C13H20N4O. The lowest BCUT2D eigenvalue weighted by Gasteiger charge is -2.30. The highest BCUT2D eigenvalue weighted by atomic mass is 16.2. The zero-order valence-electron chi connectivity index (χ0n) is 10.9. The fraction of sp³-hybridized carbons (Fsp3) is 0.692. The molecule has 2 unspecified atom stereocenters. The Morgan fingerprint density at radius 2 is 2.17 bits per heavy atom. The highest BCUT2D eigenvalue weighted by Gasteiger charge is 2.42. The number of nitrogens with zero attached hydrogens (tertiary/aromatic N) is 3. The van der Waals surface area contributed by atoms with Crippen molar-refractivity contribution in [1.82, 2.24) is 14.5 Å². The van der Waals surface area contributed by atoms with Crippen LogP contribution in [0.25, 0.3) is 0 Å². The molecule has 0 spiro atoms. The summed E-state index contributed by atoms with van der Waals surface area (Å²) in [6.45, 7) is 4.08. The number of rotatable bonds is 3. The monoisotopic (exact) mass is 248 g/mol. The summed E-state index contributed by atoms with van der Waals surface area (Å²) in [5.74, 6) is 0.158. The lowest BCUT2D eigenvalue weighted by Crippen LogP contribution is -2.38. The van der Waals surface area contributed by atoms with E-state index in [2.05, 4.69) is 9.55 Å². The third kappa shape index (κ3) is 1.73. The normalized spacial score (nSPS) is 28.4. The van der Waals surface area contributed by atoms with Gasteiger partial charge in [0.05, 0.1) is 24.3 Å². The number of imidazole rings is 1. The molecule has 0 radical (unpaired) electrons. The molecule has 2 heterocycles. The first kappa shape index (κ1) is 11.7. The first-order chi connectivity index (χ1) is 8.59. The van der Waals surface area contributed by atoms with Gasteiger partial charge in [-0.15, -0.1) is 0 Å². The molecule has 98 valence electrons. The van der Waals surface area contributed by atoms with Gasteiger partial charge < -0.3 is 15.2 Å². The number of likely N-dealkylation sites (tertiary alicyclic amines) is 1. The summed E-state index contributed by atoms with van der Waals surface area (Å²) >= 11 is 0. The summed E-state index contributed by atoms with van der Waals surface area (Å²) in [6.07, 6.45) is 6.61. The molecule has 5 heteroatoms. The number of amides is 1. The Balaban J connectivity index is 1.97. The van der Waals surface area contributed by atoms with Crippen LogP contribution in [0.1, 0.15) is 50.9 Å². The zero-order valence-corrected chi connectivity index (χ0v) is 10.9. The van der Waals surface area contributed by atoms with Crippen molar-refractivity contribution in [2.75, 3.05) is 0 Å². The van der Waals surface area contributed by atoms with E-state index in [1.807, 2.05) is 31.3 Å². The second-order valence-corrected chi connectivity index (χ2v) is 5.66. The summed E-state index contributed by atoms with van der Waals surface area (Å²) in [6, 6.07) is 0.618. The van der Waals surface area contributed by atoms with E-state index >= 15 is 0 Å². The third-order valence-corrected chi connectivity index (χ3v) is 3.90. The Morgan fingerprint density at radius 1 is 1.44 bits per heavy atom. The molecule has 2 atom stereocenters. The van der Waals surface area contributed by atoms with Crippen LogP contribution in [0, 0.1) is 0 Å². The predicted octanol–water partition coefficient (Wildman–Crippen LogP) is 1.23. The SMILES string of the molecule is CC(C)N1C(=O)CC(N)C1c1cncn1C1CC1. The van der Waals surface area contributed by atoms with E-state index in [-0.39, 0.29) is 24.0 Å². The van der Waals surface area contributed by atoms with Crippen LogP contribution in [-0.2, 0) is 4.79 Å². The van der Waals surface area contributed by atoms with Gasteiger partial charge in [0.25, 0.3) is 0 Å². The Bertz CT molecular complexity index is 463. The van der Waals surface area contributed by atoms with E-state index in [4.69, 9.17) is 5.73 Å². The summed E-state index contributed by atoms with van der Waals surface area (Å²) in [4.78, 5) is 18.2. The first-order valence-corrected chi connectivity index (χ1v) is 6.68. The van der Waals surface area contributed by atoms with Crippen molar-refractivity contribution < 1.29 is 4.79 Å². The zero-order chi connectivity index (χ0) is 12.9. The van der Waals surface area contributed by atoms with E-state index in [1.165, 1.54) is 12.8 Å². The number of nitrogens with two attached hydrogens (primary N) is 1. The number of carbonyl (C=O) groups is 1. The molecule has 1 aromatic rings. The largest absolute Gasteiger partial charge is 0.330 e. The third-order valence-electron chi connectivity index (χ3n) is 3.90. The van der Waals surface area contributed by atoms with Gasteiger partial charge in [-0.25, -0.2) is 4.98 Å². The van der Waals surface area contributed by atoms with Gasteiger partial charge in [0.15, 0.2) is 0 Å². The van der Waals surface area contributed by atoms with Crippen LogP contribution >= 0.6 is 0 Å². The van der Waals surface area contributed by atoms with Crippen LogP contribution in [0.4, 0.5) is 0 Å². The Morgan fingerprint density at radius 3 is 2.78 bits per heavy atom. The minimum atomic E-state index is -0.117. The first-order valence-electron chi connectivity index (χ1n) is 6.68. The number of carbonyl (C=O) groups excluding carboxylic acids is 1. The van der Waals surface area contributed by atoms with Gasteiger partial charge in [-0.1, -0.05) is 0 Å². The molecular weight excluding hydrogens is 228 g/mol. The van der Waals surface area contributed by atoms with Crippen LogP contribution in [0.2, 0.25) is 0 Å². The number of hydrogen-bond acceptors (Lipinski definition) is 3.